The summed E-state index contributed by atoms with van der Waals surface area (Å²) in [6, 6.07) is 6.33. The zero-order chi connectivity index (χ0) is 17.8. The first-order chi connectivity index (χ1) is 12.0. The van der Waals surface area contributed by atoms with E-state index in [1.807, 2.05) is 55.3 Å². The Bertz CT molecular complexity index is 707. The third kappa shape index (κ3) is 4.13. The predicted molar refractivity (Wildman–Crippen MR) is 101 cm³/mol. The average molecular weight is 341 g/mol. The number of H-pyrrole nitrogens is 1. The molecule has 0 spiro atoms. The number of anilines is 2. The minimum atomic E-state index is 0.136. The van der Waals surface area contributed by atoms with Gasteiger partial charge in [0.1, 0.15) is 5.82 Å². The minimum Gasteiger partial charge on any atom is -0.381 e. The number of hydrogen-bond acceptors (Lipinski definition) is 4. The van der Waals surface area contributed by atoms with Crippen molar-refractivity contribution in [2.24, 2.45) is 0 Å². The van der Waals surface area contributed by atoms with Crippen LogP contribution >= 0.6 is 0 Å². The second-order valence-electron chi connectivity index (χ2n) is 6.88. The van der Waals surface area contributed by atoms with Gasteiger partial charge in [-0.25, -0.2) is 4.98 Å². The zero-order valence-electron chi connectivity index (χ0n) is 15.2. The van der Waals surface area contributed by atoms with Gasteiger partial charge in [0.05, 0.1) is 17.4 Å². The number of likely N-dealkylation sites (tertiary alicyclic amines) is 1. The number of pyridine rings is 1. The van der Waals surface area contributed by atoms with Crippen molar-refractivity contribution in [3.8, 4) is 0 Å². The summed E-state index contributed by atoms with van der Waals surface area (Å²) in [6.07, 6.45) is 6.73. The molecule has 1 fully saturated rings. The number of nitrogens with one attached hydrogen (secondary N) is 2. The Kier molecular flexibility index (Phi) is 5.26. The van der Waals surface area contributed by atoms with Crippen LogP contribution in [0.5, 0.6) is 0 Å². The molecule has 0 aromatic carbocycles. The lowest BCUT2D eigenvalue weighted by molar-refractivity contribution is 0.0761. The SMILES string of the molecule is Cc1[nH]ccc1C(=O)N1CCCC(Nc2ccc(N(C)C)nc2)CC1. The predicted octanol–water partition coefficient (Wildman–Crippen LogP) is 2.89. The molecule has 6 heteroatoms. The van der Waals surface area contributed by atoms with E-state index in [9.17, 15) is 4.79 Å². The van der Waals surface area contributed by atoms with Crippen LogP contribution in [-0.2, 0) is 0 Å². The molecule has 3 heterocycles. The van der Waals surface area contributed by atoms with Gasteiger partial charge in [0.15, 0.2) is 0 Å². The van der Waals surface area contributed by atoms with Gasteiger partial charge >= 0.3 is 0 Å². The van der Waals surface area contributed by atoms with Crippen molar-refractivity contribution in [3.05, 3.63) is 41.9 Å². The summed E-state index contributed by atoms with van der Waals surface area (Å²) in [7, 11) is 3.97. The van der Waals surface area contributed by atoms with Crippen LogP contribution in [0.25, 0.3) is 0 Å². The Morgan fingerprint density at radius 1 is 1.28 bits per heavy atom. The summed E-state index contributed by atoms with van der Waals surface area (Å²) in [4.78, 5) is 24.2. The molecular formula is C19H27N5O. The van der Waals surface area contributed by atoms with Gasteiger partial charge in [0.2, 0.25) is 0 Å². The number of aromatic nitrogens is 2. The number of nitrogens with zero attached hydrogens (tertiary/aromatic N) is 3. The molecule has 2 aromatic heterocycles. The lowest BCUT2D eigenvalue weighted by Crippen LogP contribution is -2.32. The van der Waals surface area contributed by atoms with Crippen LogP contribution in [0.15, 0.2) is 30.6 Å². The first-order valence-corrected chi connectivity index (χ1v) is 8.88. The van der Waals surface area contributed by atoms with E-state index < -0.39 is 0 Å². The Balaban J connectivity index is 1.58. The van der Waals surface area contributed by atoms with Crippen LogP contribution in [0, 0.1) is 6.92 Å². The van der Waals surface area contributed by atoms with Gasteiger partial charge in [-0.3, -0.25) is 4.79 Å². The Morgan fingerprint density at radius 2 is 2.12 bits per heavy atom. The zero-order valence-corrected chi connectivity index (χ0v) is 15.2. The summed E-state index contributed by atoms with van der Waals surface area (Å²) in [5.41, 5.74) is 2.77. The van der Waals surface area contributed by atoms with E-state index in [2.05, 4.69) is 21.4 Å². The molecule has 1 amide bonds. The molecule has 25 heavy (non-hydrogen) atoms. The second-order valence-corrected chi connectivity index (χ2v) is 6.88. The molecule has 134 valence electrons. The quantitative estimate of drug-likeness (QED) is 0.897. The Hall–Kier alpha value is -2.50. The van der Waals surface area contributed by atoms with Crippen molar-refractivity contribution < 1.29 is 4.79 Å². The Labute approximate surface area is 149 Å². The highest BCUT2D eigenvalue weighted by molar-refractivity contribution is 5.95. The number of rotatable bonds is 4. The largest absolute Gasteiger partial charge is 0.381 e. The molecule has 2 N–H and O–H groups in total. The van der Waals surface area contributed by atoms with Gasteiger partial charge in [-0.1, -0.05) is 0 Å². The van der Waals surface area contributed by atoms with Crippen molar-refractivity contribution in [1.29, 1.82) is 0 Å². The van der Waals surface area contributed by atoms with Crippen molar-refractivity contribution in [1.82, 2.24) is 14.9 Å². The summed E-state index contributed by atoms with van der Waals surface area (Å²) < 4.78 is 0. The number of carbonyl (C=O) groups is 1. The lowest BCUT2D eigenvalue weighted by Gasteiger charge is -2.21. The summed E-state index contributed by atoms with van der Waals surface area (Å²) in [5, 5.41) is 3.57. The van der Waals surface area contributed by atoms with E-state index in [-0.39, 0.29) is 5.91 Å². The maximum atomic E-state index is 12.7. The standard InChI is InChI=1S/C19H27N5O/c1-14-17(8-10-20-14)19(25)24-11-4-5-15(9-12-24)22-16-6-7-18(21-13-16)23(2)3/h6-8,10,13,15,20,22H,4-5,9,11-12H2,1-3H3. The van der Waals surface area contributed by atoms with Crippen LogP contribution in [0.3, 0.4) is 0 Å². The third-order valence-electron chi connectivity index (χ3n) is 4.78. The van der Waals surface area contributed by atoms with Crippen molar-refractivity contribution in [2.75, 3.05) is 37.4 Å². The monoisotopic (exact) mass is 341 g/mol. The van der Waals surface area contributed by atoms with Crippen LogP contribution < -0.4 is 10.2 Å². The summed E-state index contributed by atoms with van der Waals surface area (Å²) in [5.74, 6) is 1.08. The fourth-order valence-corrected chi connectivity index (χ4v) is 3.27. The van der Waals surface area contributed by atoms with Gasteiger partial charge in [-0.05, 0) is 44.4 Å². The fourth-order valence-electron chi connectivity index (χ4n) is 3.27. The van der Waals surface area contributed by atoms with Gasteiger partial charge < -0.3 is 20.1 Å². The van der Waals surface area contributed by atoms with Crippen molar-refractivity contribution in [2.45, 2.75) is 32.2 Å². The van der Waals surface area contributed by atoms with Gasteiger partial charge in [0.25, 0.3) is 5.91 Å². The van der Waals surface area contributed by atoms with E-state index in [1.54, 1.807) is 0 Å². The smallest absolute Gasteiger partial charge is 0.255 e. The molecule has 1 aliphatic heterocycles. The van der Waals surface area contributed by atoms with Crippen LogP contribution in [-0.4, -0.2) is 54.0 Å². The van der Waals surface area contributed by atoms with Crippen LogP contribution in [0.1, 0.15) is 35.3 Å². The Morgan fingerprint density at radius 3 is 2.76 bits per heavy atom. The normalized spacial score (nSPS) is 17.9. The van der Waals surface area contributed by atoms with E-state index in [1.165, 1.54) is 0 Å². The highest BCUT2D eigenvalue weighted by Crippen LogP contribution is 2.20. The van der Waals surface area contributed by atoms with E-state index in [0.29, 0.717) is 6.04 Å². The summed E-state index contributed by atoms with van der Waals surface area (Å²) in [6.45, 7) is 3.55. The molecule has 1 unspecified atom stereocenters. The molecule has 0 aliphatic carbocycles. The number of amides is 1. The third-order valence-corrected chi connectivity index (χ3v) is 4.78. The molecule has 1 saturated heterocycles. The molecule has 3 rings (SSSR count). The number of aryl methyl sites for hydroxylation is 1. The lowest BCUT2D eigenvalue weighted by atomic mass is 10.1. The fraction of sp³-hybridized carbons (Fsp3) is 0.474. The average Bonchev–Trinajstić information content (AvgIpc) is 2.89. The molecule has 0 saturated carbocycles. The maximum absolute atomic E-state index is 12.7. The molecular weight excluding hydrogens is 314 g/mol. The van der Waals surface area contributed by atoms with Gasteiger partial charge in [0, 0.05) is 45.1 Å². The number of aromatic amines is 1. The maximum Gasteiger partial charge on any atom is 0.255 e. The highest BCUT2D eigenvalue weighted by Gasteiger charge is 2.22. The van der Waals surface area contributed by atoms with Crippen LogP contribution in [0.4, 0.5) is 11.5 Å². The number of hydrogen-bond donors (Lipinski definition) is 2. The molecule has 1 atom stereocenters. The minimum absolute atomic E-state index is 0.136. The highest BCUT2D eigenvalue weighted by atomic mass is 16.2. The molecule has 2 aromatic rings. The summed E-state index contributed by atoms with van der Waals surface area (Å²) >= 11 is 0. The van der Waals surface area contributed by atoms with Crippen molar-refractivity contribution in [3.63, 3.8) is 0 Å². The molecule has 0 bridgehead atoms. The van der Waals surface area contributed by atoms with Gasteiger partial charge in [-0.15, -0.1) is 0 Å². The van der Waals surface area contributed by atoms with E-state index in [0.717, 1.165) is 55.1 Å². The molecule has 1 aliphatic rings. The van der Waals surface area contributed by atoms with Gasteiger partial charge in [-0.2, -0.15) is 0 Å². The molecule has 6 nitrogen and oxygen atoms in total. The van der Waals surface area contributed by atoms with Crippen molar-refractivity contribution >= 4 is 17.4 Å². The van der Waals surface area contributed by atoms with E-state index in [4.69, 9.17) is 0 Å². The molecule has 0 radical (unpaired) electrons. The topological polar surface area (TPSA) is 64.3 Å². The van der Waals surface area contributed by atoms with E-state index >= 15 is 0 Å². The number of carbonyl (C=O) groups excluding carboxylic acids is 1. The van der Waals surface area contributed by atoms with Crippen LogP contribution in [0.2, 0.25) is 0 Å². The first kappa shape index (κ1) is 17.3. The second kappa shape index (κ2) is 7.59. The first-order valence-electron chi connectivity index (χ1n) is 8.88.